The highest BCUT2D eigenvalue weighted by atomic mass is 16.4. The van der Waals surface area contributed by atoms with Crippen molar-refractivity contribution in [1.82, 2.24) is 4.90 Å². The van der Waals surface area contributed by atoms with Crippen molar-refractivity contribution in [1.29, 1.82) is 0 Å². The van der Waals surface area contributed by atoms with Gasteiger partial charge in [0.25, 0.3) is 0 Å². The van der Waals surface area contributed by atoms with Gasteiger partial charge < -0.3 is 5.11 Å². The third-order valence-corrected chi connectivity index (χ3v) is 3.06. The summed E-state index contributed by atoms with van der Waals surface area (Å²) in [5.74, 6) is -0.732. The zero-order valence-corrected chi connectivity index (χ0v) is 11.5. The van der Waals surface area contributed by atoms with E-state index in [0.717, 1.165) is 13.0 Å². The zero-order valence-electron chi connectivity index (χ0n) is 11.5. The number of hydrogen-bond donors (Lipinski definition) is 1. The maximum Gasteiger partial charge on any atom is 0.304 e. The molecular weight excluding hydrogens is 226 g/mol. The van der Waals surface area contributed by atoms with Gasteiger partial charge in [-0.25, -0.2) is 0 Å². The van der Waals surface area contributed by atoms with Crippen molar-refractivity contribution in [3.63, 3.8) is 0 Å². The van der Waals surface area contributed by atoms with Crippen molar-refractivity contribution in [3.05, 3.63) is 35.9 Å². The van der Waals surface area contributed by atoms with E-state index < -0.39 is 5.97 Å². The van der Waals surface area contributed by atoms with Gasteiger partial charge in [-0.2, -0.15) is 0 Å². The van der Waals surface area contributed by atoms with Crippen molar-refractivity contribution >= 4 is 5.97 Å². The molecule has 0 atom stereocenters. The van der Waals surface area contributed by atoms with E-state index in [9.17, 15) is 4.79 Å². The quantitative estimate of drug-likeness (QED) is 0.842. The molecule has 0 aliphatic carbocycles. The second-order valence-electron chi connectivity index (χ2n) is 5.54. The van der Waals surface area contributed by atoms with Crippen LogP contribution in [0.25, 0.3) is 0 Å². The van der Waals surface area contributed by atoms with Gasteiger partial charge >= 0.3 is 5.97 Å². The number of benzene rings is 1. The molecule has 0 amide bonds. The van der Waals surface area contributed by atoms with Gasteiger partial charge in [-0.1, -0.05) is 30.3 Å². The Kier molecular flexibility index (Phi) is 5.35. The number of carbonyl (C=O) groups is 1. The van der Waals surface area contributed by atoms with E-state index in [0.29, 0.717) is 6.54 Å². The molecule has 100 valence electrons. The van der Waals surface area contributed by atoms with Gasteiger partial charge in [0.05, 0.1) is 6.42 Å². The molecule has 1 aromatic rings. The number of nitrogens with zero attached hydrogens (tertiary/aromatic N) is 1. The highest BCUT2D eigenvalue weighted by Gasteiger charge is 2.21. The molecule has 0 aromatic heterocycles. The fourth-order valence-corrected chi connectivity index (χ4v) is 1.92. The number of carboxylic acids is 1. The summed E-state index contributed by atoms with van der Waals surface area (Å²) >= 11 is 0. The Morgan fingerprint density at radius 1 is 1.17 bits per heavy atom. The van der Waals surface area contributed by atoms with E-state index in [4.69, 9.17) is 5.11 Å². The summed E-state index contributed by atoms with van der Waals surface area (Å²) in [6, 6.07) is 10.3. The number of rotatable bonds is 6. The second kappa shape index (κ2) is 6.55. The SMILES string of the molecule is CC(C)(C)N(CCC(=O)O)CCc1ccccc1. The highest BCUT2D eigenvalue weighted by molar-refractivity contribution is 5.66. The highest BCUT2D eigenvalue weighted by Crippen LogP contribution is 2.14. The number of hydrogen-bond acceptors (Lipinski definition) is 2. The summed E-state index contributed by atoms with van der Waals surface area (Å²) in [7, 11) is 0. The standard InChI is InChI=1S/C15H23NO2/c1-15(2,3)16(12-10-14(17)18)11-9-13-7-5-4-6-8-13/h4-8H,9-12H2,1-3H3,(H,17,18). The van der Waals surface area contributed by atoms with Gasteiger partial charge in [0.15, 0.2) is 0 Å². The minimum atomic E-state index is -0.732. The Morgan fingerprint density at radius 2 is 1.78 bits per heavy atom. The fourth-order valence-electron chi connectivity index (χ4n) is 1.92. The Hall–Kier alpha value is -1.35. The van der Waals surface area contributed by atoms with E-state index in [2.05, 4.69) is 37.8 Å². The molecule has 0 heterocycles. The minimum Gasteiger partial charge on any atom is -0.481 e. The van der Waals surface area contributed by atoms with Crippen LogP contribution in [0.5, 0.6) is 0 Å². The van der Waals surface area contributed by atoms with Gasteiger partial charge in [-0.05, 0) is 32.8 Å². The third kappa shape index (κ3) is 5.32. The van der Waals surface area contributed by atoms with Crippen LogP contribution < -0.4 is 0 Å². The van der Waals surface area contributed by atoms with Crippen molar-refractivity contribution < 1.29 is 9.90 Å². The molecule has 0 fully saturated rings. The Labute approximate surface area is 109 Å². The lowest BCUT2D eigenvalue weighted by Crippen LogP contribution is -2.43. The molecule has 18 heavy (non-hydrogen) atoms. The van der Waals surface area contributed by atoms with E-state index in [1.807, 2.05) is 18.2 Å². The molecule has 0 spiro atoms. The fraction of sp³-hybridized carbons (Fsp3) is 0.533. The summed E-state index contributed by atoms with van der Waals surface area (Å²) in [6.45, 7) is 7.87. The molecule has 0 radical (unpaired) electrons. The maximum absolute atomic E-state index is 10.7. The molecule has 1 N–H and O–H groups in total. The summed E-state index contributed by atoms with van der Waals surface area (Å²) in [6.07, 6.45) is 1.16. The van der Waals surface area contributed by atoms with Crippen molar-refractivity contribution in [2.75, 3.05) is 13.1 Å². The molecule has 0 unspecified atom stereocenters. The molecule has 1 rings (SSSR count). The molecule has 1 aromatic carbocycles. The lowest BCUT2D eigenvalue weighted by atomic mass is 10.0. The summed E-state index contributed by atoms with van der Waals surface area (Å²) < 4.78 is 0. The minimum absolute atomic E-state index is 0.00420. The van der Waals surface area contributed by atoms with E-state index in [-0.39, 0.29) is 12.0 Å². The van der Waals surface area contributed by atoms with Crippen molar-refractivity contribution in [2.45, 2.75) is 39.2 Å². The van der Waals surface area contributed by atoms with Gasteiger partial charge in [-0.3, -0.25) is 9.69 Å². The topological polar surface area (TPSA) is 40.5 Å². The van der Waals surface area contributed by atoms with Gasteiger partial charge in [0, 0.05) is 18.6 Å². The molecule has 0 bridgehead atoms. The summed E-state index contributed by atoms with van der Waals surface area (Å²) in [5, 5.41) is 8.79. The Balaban J connectivity index is 2.54. The Morgan fingerprint density at radius 3 is 2.28 bits per heavy atom. The first kappa shape index (κ1) is 14.7. The van der Waals surface area contributed by atoms with Crippen LogP contribution >= 0.6 is 0 Å². The first-order valence-electron chi connectivity index (χ1n) is 6.40. The average molecular weight is 249 g/mol. The average Bonchev–Trinajstić information content (AvgIpc) is 2.28. The van der Waals surface area contributed by atoms with Crippen LogP contribution in [-0.4, -0.2) is 34.6 Å². The molecule has 3 heteroatoms. The summed E-state index contributed by atoms with van der Waals surface area (Å²) in [5.41, 5.74) is 1.30. The van der Waals surface area contributed by atoms with Crippen LogP contribution in [0.1, 0.15) is 32.8 Å². The third-order valence-electron chi connectivity index (χ3n) is 3.06. The predicted octanol–water partition coefficient (Wildman–Crippen LogP) is 2.80. The van der Waals surface area contributed by atoms with E-state index >= 15 is 0 Å². The van der Waals surface area contributed by atoms with Crippen LogP contribution in [0.2, 0.25) is 0 Å². The first-order chi connectivity index (χ1) is 8.39. The van der Waals surface area contributed by atoms with Crippen molar-refractivity contribution in [3.8, 4) is 0 Å². The monoisotopic (exact) mass is 249 g/mol. The van der Waals surface area contributed by atoms with Gasteiger partial charge in [0.1, 0.15) is 0 Å². The zero-order chi connectivity index (χ0) is 13.6. The molecule has 0 aliphatic heterocycles. The molecule has 0 saturated carbocycles. The van der Waals surface area contributed by atoms with E-state index in [1.54, 1.807) is 0 Å². The summed E-state index contributed by atoms with van der Waals surface area (Å²) in [4.78, 5) is 12.9. The lowest BCUT2D eigenvalue weighted by Gasteiger charge is -2.35. The normalized spacial score (nSPS) is 11.8. The molecule has 3 nitrogen and oxygen atoms in total. The van der Waals surface area contributed by atoms with Gasteiger partial charge in [0.2, 0.25) is 0 Å². The largest absolute Gasteiger partial charge is 0.481 e. The van der Waals surface area contributed by atoms with Crippen LogP contribution in [0.15, 0.2) is 30.3 Å². The number of carboxylic acid groups (broad SMARTS) is 1. The Bertz CT molecular complexity index is 368. The van der Waals surface area contributed by atoms with Crippen LogP contribution in [0.3, 0.4) is 0 Å². The van der Waals surface area contributed by atoms with Crippen LogP contribution in [-0.2, 0) is 11.2 Å². The molecule has 0 saturated heterocycles. The van der Waals surface area contributed by atoms with Gasteiger partial charge in [-0.15, -0.1) is 0 Å². The lowest BCUT2D eigenvalue weighted by molar-refractivity contribution is -0.137. The van der Waals surface area contributed by atoms with Crippen LogP contribution in [0, 0.1) is 0 Å². The smallest absolute Gasteiger partial charge is 0.304 e. The maximum atomic E-state index is 10.7. The second-order valence-corrected chi connectivity index (χ2v) is 5.54. The molecular formula is C15H23NO2. The molecule has 0 aliphatic rings. The van der Waals surface area contributed by atoms with Crippen molar-refractivity contribution in [2.24, 2.45) is 0 Å². The first-order valence-corrected chi connectivity index (χ1v) is 6.40. The van der Waals surface area contributed by atoms with Crippen LogP contribution in [0.4, 0.5) is 0 Å². The van der Waals surface area contributed by atoms with E-state index in [1.165, 1.54) is 5.56 Å². The number of aliphatic carboxylic acids is 1. The predicted molar refractivity (Wildman–Crippen MR) is 73.7 cm³/mol.